The van der Waals surface area contributed by atoms with Gasteiger partial charge >= 0.3 is 6.18 Å². The first-order chi connectivity index (χ1) is 9.49. The summed E-state index contributed by atoms with van der Waals surface area (Å²) in [5.74, 6) is 0.257. The van der Waals surface area contributed by atoms with Crippen LogP contribution in [-0.4, -0.2) is 4.98 Å². The smallest absolute Gasteiger partial charge is 0.433 e. The lowest BCUT2D eigenvalue weighted by Gasteiger charge is -2.08. The van der Waals surface area contributed by atoms with Crippen LogP contribution in [0.15, 0.2) is 42.6 Å². The molecule has 0 atom stereocenters. The molecule has 20 heavy (non-hydrogen) atoms. The number of alkyl halides is 3. The lowest BCUT2D eigenvalue weighted by Crippen LogP contribution is -2.07. The van der Waals surface area contributed by atoms with Gasteiger partial charge in [0.1, 0.15) is 18.1 Å². The number of benzene rings is 1. The second-order valence-corrected chi connectivity index (χ2v) is 3.94. The maximum absolute atomic E-state index is 12.3. The van der Waals surface area contributed by atoms with E-state index < -0.39 is 11.9 Å². The number of hydrogen-bond donors (Lipinski definition) is 0. The highest BCUT2D eigenvalue weighted by molar-refractivity contribution is 5.45. The molecule has 0 unspecified atom stereocenters. The van der Waals surface area contributed by atoms with E-state index in [-0.39, 0.29) is 12.4 Å². The first-order valence-electron chi connectivity index (χ1n) is 5.61. The van der Waals surface area contributed by atoms with E-state index in [1.807, 2.05) is 0 Å². The third-order valence-corrected chi connectivity index (χ3v) is 2.50. The van der Waals surface area contributed by atoms with Crippen molar-refractivity contribution in [3.63, 3.8) is 0 Å². The maximum Gasteiger partial charge on any atom is 0.433 e. The first-order valence-corrected chi connectivity index (χ1v) is 5.61. The minimum Gasteiger partial charge on any atom is -0.487 e. The SMILES string of the molecule is [C-]#[N+]c1ccc(COc2ccc(C(F)(F)F)nc2)cc1. The van der Waals surface area contributed by atoms with E-state index in [0.717, 1.165) is 17.8 Å². The zero-order valence-electron chi connectivity index (χ0n) is 10.2. The van der Waals surface area contributed by atoms with Crippen LogP contribution < -0.4 is 4.74 Å². The summed E-state index contributed by atoms with van der Waals surface area (Å²) in [7, 11) is 0. The molecule has 1 heterocycles. The molecule has 2 rings (SSSR count). The van der Waals surface area contributed by atoms with Gasteiger partial charge in [0.15, 0.2) is 5.69 Å². The van der Waals surface area contributed by atoms with Crippen LogP contribution in [0, 0.1) is 6.57 Å². The van der Waals surface area contributed by atoms with E-state index in [4.69, 9.17) is 11.3 Å². The second kappa shape index (κ2) is 5.61. The van der Waals surface area contributed by atoms with Gasteiger partial charge in [-0.05, 0) is 17.7 Å². The Morgan fingerprint density at radius 3 is 2.30 bits per heavy atom. The van der Waals surface area contributed by atoms with Gasteiger partial charge in [0, 0.05) is 0 Å². The normalized spacial score (nSPS) is 10.9. The van der Waals surface area contributed by atoms with Crippen molar-refractivity contribution < 1.29 is 17.9 Å². The summed E-state index contributed by atoms with van der Waals surface area (Å²) >= 11 is 0. The molecule has 2 aromatic rings. The molecule has 0 N–H and O–H groups in total. The summed E-state index contributed by atoms with van der Waals surface area (Å²) in [6, 6.07) is 8.85. The Hall–Kier alpha value is -2.55. The number of rotatable bonds is 3. The van der Waals surface area contributed by atoms with Crippen molar-refractivity contribution in [2.24, 2.45) is 0 Å². The monoisotopic (exact) mass is 278 g/mol. The van der Waals surface area contributed by atoms with Crippen molar-refractivity contribution in [1.29, 1.82) is 0 Å². The van der Waals surface area contributed by atoms with Crippen LogP contribution in [0.1, 0.15) is 11.3 Å². The van der Waals surface area contributed by atoms with Gasteiger partial charge in [0.2, 0.25) is 0 Å². The highest BCUT2D eigenvalue weighted by Gasteiger charge is 2.32. The summed E-state index contributed by atoms with van der Waals surface area (Å²) in [6.07, 6.45) is -3.41. The standard InChI is InChI=1S/C14H9F3N2O/c1-18-11-4-2-10(3-5-11)9-20-12-6-7-13(19-8-12)14(15,16)17/h2-8H,9H2. The maximum atomic E-state index is 12.3. The van der Waals surface area contributed by atoms with Crippen LogP contribution in [0.2, 0.25) is 0 Å². The molecule has 0 aliphatic heterocycles. The molecule has 3 nitrogen and oxygen atoms in total. The summed E-state index contributed by atoms with van der Waals surface area (Å²) in [5.41, 5.74) is 0.383. The fraction of sp³-hybridized carbons (Fsp3) is 0.143. The number of ether oxygens (including phenoxy) is 1. The van der Waals surface area contributed by atoms with Gasteiger partial charge in [0.25, 0.3) is 0 Å². The summed E-state index contributed by atoms with van der Waals surface area (Å²) in [4.78, 5) is 6.56. The van der Waals surface area contributed by atoms with E-state index in [1.165, 1.54) is 6.07 Å². The molecular weight excluding hydrogens is 269 g/mol. The molecule has 6 heteroatoms. The minimum absolute atomic E-state index is 0.200. The van der Waals surface area contributed by atoms with E-state index in [1.54, 1.807) is 24.3 Å². The predicted octanol–water partition coefficient (Wildman–Crippen LogP) is 4.23. The Bertz CT molecular complexity index is 613. The molecule has 1 aromatic carbocycles. The average Bonchev–Trinajstić information content (AvgIpc) is 2.45. The van der Waals surface area contributed by atoms with Gasteiger partial charge in [0.05, 0.1) is 12.8 Å². The highest BCUT2D eigenvalue weighted by Crippen LogP contribution is 2.28. The minimum atomic E-state index is -4.45. The lowest BCUT2D eigenvalue weighted by molar-refractivity contribution is -0.141. The number of hydrogen-bond acceptors (Lipinski definition) is 2. The molecule has 0 saturated heterocycles. The predicted molar refractivity (Wildman–Crippen MR) is 66.3 cm³/mol. The van der Waals surface area contributed by atoms with Gasteiger partial charge in [-0.3, -0.25) is 0 Å². The Morgan fingerprint density at radius 2 is 1.80 bits per heavy atom. The fourth-order valence-corrected chi connectivity index (χ4v) is 1.47. The van der Waals surface area contributed by atoms with Crippen LogP contribution in [0.25, 0.3) is 4.85 Å². The second-order valence-electron chi connectivity index (χ2n) is 3.94. The molecule has 1 aromatic heterocycles. The molecular formula is C14H9F3N2O. The third kappa shape index (κ3) is 3.48. The van der Waals surface area contributed by atoms with Crippen molar-refractivity contribution >= 4 is 5.69 Å². The summed E-state index contributed by atoms with van der Waals surface area (Å²) < 4.78 is 42.3. The Balaban J connectivity index is 1.98. The van der Waals surface area contributed by atoms with Crippen molar-refractivity contribution in [1.82, 2.24) is 4.98 Å². The highest BCUT2D eigenvalue weighted by atomic mass is 19.4. The lowest BCUT2D eigenvalue weighted by atomic mass is 10.2. The molecule has 0 bridgehead atoms. The molecule has 0 aliphatic carbocycles. The van der Waals surface area contributed by atoms with Crippen molar-refractivity contribution in [2.45, 2.75) is 12.8 Å². The van der Waals surface area contributed by atoms with E-state index >= 15 is 0 Å². The molecule has 0 amide bonds. The summed E-state index contributed by atoms with van der Waals surface area (Å²) in [5, 5.41) is 0. The Kier molecular flexibility index (Phi) is 3.89. The quantitative estimate of drug-likeness (QED) is 0.785. The van der Waals surface area contributed by atoms with Gasteiger partial charge in [-0.15, -0.1) is 0 Å². The zero-order valence-corrected chi connectivity index (χ0v) is 10.2. The molecule has 102 valence electrons. The third-order valence-electron chi connectivity index (χ3n) is 2.50. The first kappa shape index (κ1) is 13.9. The van der Waals surface area contributed by atoms with Gasteiger partial charge in [-0.2, -0.15) is 13.2 Å². The zero-order chi connectivity index (χ0) is 14.6. The van der Waals surface area contributed by atoms with Crippen molar-refractivity contribution in [3.8, 4) is 5.75 Å². The topological polar surface area (TPSA) is 26.5 Å². The van der Waals surface area contributed by atoms with E-state index in [9.17, 15) is 13.2 Å². The number of pyridine rings is 1. The Labute approximate surface area is 113 Å². The molecule has 0 saturated carbocycles. The fourth-order valence-electron chi connectivity index (χ4n) is 1.47. The van der Waals surface area contributed by atoms with Crippen LogP contribution >= 0.6 is 0 Å². The largest absolute Gasteiger partial charge is 0.487 e. The summed E-state index contributed by atoms with van der Waals surface area (Å²) in [6.45, 7) is 7.01. The van der Waals surface area contributed by atoms with Crippen LogP contribution in [0.5, 0.6) is 5.75 Å². The molecule has 0 spiro atoms. The van der Waals surface area contributed by atoms with Gasteiger partial charge in [-0.25, -0.2) is 9.83 Å². The Morgan fingerprint density at radius 1 is 1.10 bits per heavy atom. The van der Waals surface area contributed by atoms with Gasteiger partial charge in [-0.1, -0.05) is 24.3 Å². The molecule has 0 aliphatic rings. The van der Waals surface area contributed by atoms with Gasteiger partial charge < -0.3 is 4.74 Å². The average molecular weight is 278 g/mol. The number of nitrogens with zero attached hydrogens (tertiary/aromatic N) is 2. The van der Waals surface area contributed by atoms with E-state index in [0.29, 0.717) is 5.69 Å². The van der Waals surface area contributed by atoms with Crippen molar-refractivity contribution in [3.05, 3.63) is 65.3 Å². The van der Waals surface area contributed by atoms with Crippen LogP contribution in [0.4, 0.5) is 18.9 Å². The van der Waals surface area contributed by atoms with Crippen LogP contribution in [0.3, 0.4) is 0 Å². The van der Waals surface area contributed by atoms with E-state index in [2.05, 4.69) is 9.83 Å². The number of halogens is 3. The number of aromatic nitrogens is 1. The molecule has 0 fully saturated rings. The van der Waals surface area contributed by atoms with Crippen LogP contribution in [-0.2, 0) is 12.8 Å². The molecule has 0 radical (unpaired) electrons. The van der Waals surface area contributed by atoms with Crippen molar-refractivity contribution in [2.75, 3.05) is 0 Å².